The van der Waals surface area contributed by atoms with E-state index in [-0.39, 0.29) is 35.7 Å². The number of thiazole rings is 1. The first-order chi connectivity index (χ1) is 24.7. The van der Waals surface area contributed by atoms with Gasteiger partial charge in [0.25, 0.3) is 5.91 Å². The lowest BCUT2D eigenvalue weighted by molar-refractivity contribution is -0.142. The molecule has 0 aliphatic carbocycles. The minimum atomic E-state index is -5.79. The van der Waals surface area contributed by atoms with E-state index < -0.39 is 60.6 Å². The topological polar surface area (TPSA) is 204 Å². The van der Waals surface area contributed by atoms with E-state index in [0.29, 0.717) is 41.9 Å². The zero-order chi connectivity index (χ0) is 37.2. The Kier molecular flexibility index (Phi) is 11.2. The minimum absolute atomic E-state index is 0.0133. The van der Waals surface area contributed by atoms with Gasteiger partial charge in [0.1, 0.15) is 17.1 Å². The van der Waals surface area contributed by atoms with E-state index in [2.05, 4.69) is 20.9 Å². The molecule has 276 valence electrons. The molecule has 4 heterocycles. The molecule has 52 heavy (non-hydrogen) atoms. The number of nitrogens with one attached hydrogen (secondary N) is 3. The Hall–Kier alpha value is -4.12. The highest BCUT2D eigenvalue weighted by Gasteiger charge is 2.50. The smallest absolute Gasteiger partial charge is 0.370 e. The van der Waals surface area contributed by atoms with Gasteiger partial charge in [0.05, 0.1) is 10.9 Å². The molecule has 18 heteroatoms. The number of hydrogen-bond acceptors (Lipinski definition) is 9. The van der Waals surface area contributed by atoms with E-state index in [0.717, 1.165) is 33.9 Å². The van der Waals surface area contributed by atoms with E-state index >= 15 is 0 Å². The molecule has 0 bridgehead atoms. The molecule has 0 radical (unpaired) electrons. The van der Waals surface area contributed by atoms with Gasteiger partial charge in [0.15, 0.2) is 0 Å². The molecule has 0 spiro atoms. The Morgan fingerprint density at radius 2 is 1.87 bits per heavy atom. The summed E-state index contributed by atoms with van der Waals surface area (Å²) in [5.41, 5.74) is 1.26. The van der Waals surface area contributed by atoms with Gasteiger partial charge in [-0.2, -0.15) is 8.78 Å². The van der Waals surface area contributed by atoms with Crippen LogP contribution in [0.3, 0.4) is 0 Å². The first-order valence-electron chi connectivity index (χ1n) is 16.6. The molecule has 0 saturated carbocycles. The average Bonchev–Trinajstić information content (AvgIpc) is 3.85. The number of thiophene rings is 1. The van der Waals surface area contributed by atoms with Crippen molar-refractivity contribution >= 4 is 64.0 Å². The largest absolute Gasteiger partial charge is 0.399 e. The number of benzene rings is 2. The van der Waals surface area contributed by atoms with Crippen molar-refractivity contribution in [2.75, 3.05) is 13.1 Å². The molecular formula is C34H37F2N6O7PS2. The van der Waals surface area contributed by atoms with E-state index in [1.54, 1.807) is 6.20 Å². The lowest BCUT2D eigenvalue weighted by atomic mass is 10.1. The summed E-state index contributed by atoms with van der Waals surface area (Å²) in [4.78, 5) is 78.6. The van der Waals surface area contributed by atoms with E-state index in [1.807, 2.05) is 30.3 Å². The molecule has 13 nitrogen and oxygen atoms in total. The van der Waals surface area contributed by atoms with Crippen molar-refractivity contribution in [2.24, 2.45) is 5.73 Å². The third-order valence-electron chi connectivity index (χ3n) is 9.21. The van der Waals surface area contributed by atoms with Crippen molar-refractivity contribution in [1.82, 2.24) is 25.8 Å². The summed E-state index contributed by atoms with van der Waals surface area (Å²) in [5.74, 6) is -2.04. The Balaban J connectivity index is 1.17. The van der Waals surface area contributed by atoms with Gasteiger partial charge in [0, 0.05) is 46.8 Å². The zero-order valence-corrected chi connectivity index (χ0v) is 30.2. The van der Waals surface area contributed by atoms with Crippen molar-refractivity contribution < 1.29 is 42.3 Å². The second kappa shape index (κ2) is 15.5. The van der Waals surface area contributed by atoms with Crippen LogP contribution in [-0.2, 0) is 31.0 Å². The monoisotopic (exact) mass is 774 g/mol. The van der Waals surface area contributed by atoms with Crippen molar-refractivity contribution in [2.45, 2.75) is 68.4 Å². The number of primary amides is 1. The van der Waals surface area contributed by atoms with Crippen LogP contribution < -0.4 is 21.7 Å². The van der Waals surface area contributed by atoms with Crippen LogP contribution in [0.25, 0.3) is 10.1 Å². The molecule has 4 amide bonds. The van der Waals surface area contributed by atoms with E-state index in [9.17, 15) is 32.5 Å². The summed E-state index contributed by atoms with van der Waals surface area (Å²) in [5, 5.41) is 9.73. The number of amides is 4. The second-order valence-corrected chi connectivity index (χ2v) is 16.7. The van der Waals surface area contributed by atoms with Gasteiger partial charge in [-0.3, -0.25) is 23.7 Å². The van der Waals surface area contributed by atoms with Crippen LogP contribution in [0.2, 0.25) is 0 Å². The van der Waals surface area contributed by atoms with Crippen LogP contribution >= 0.6 is 30.3 Å². The average molecular weight is 775 g/mol. The normalized spacial score (nSPS) is 20.2. The standard InChI is InChI=1S/C34H37F2N6O7PS2/c35-34(36,50(47,48)49)21-6-10-27-20(15-21)16-28(52-27)31(45)41-25-18-38-13-12-22-7-9-26(42(22)33(25)46)30(44)40-24(8-11-29(37)43)32-39-17-23(51-32)14-19-4-2-1-3-5-19/h1-6,10,15-17,22,24-26,38H,7-9,11-14,18H2,(H2,37,43)(H,40,44)(H,41,45)(H2,47,48,49)/t22-,24?,25+,26+/m1/s1. The van der Waals surface area contributed by atoms with Crippen LogP contribution in [0.4, 0.5) is 8.78 Å². The van der Waals surface area contributed by atoms with Crippen molar-refractivity contribution in [3.05, 3.63) is 86.7 Å². The van der Waals surface area contributed by atoms with Crippen molar-refractivity contribution in [3.63, 3.8) is 0 Å². The maximum absolute atomic E-state index is 14.3. The zero-order valence-electron chi connectivity index (χ0n) is 27.7. The fraction of sp³-hybridized carbons (Fsp3) is 0.382. The van der Waals surface area contributed by atoms with Crippen LogP contribution in [0, 0.1) is 0 Å². The van der Waals surface area contributed by atoms with Gasteiger partial charge < -0.3 is 36.4 Å². The van der Waals surface area contributed by atoms with Gasteiger partial charge in [-0.25, -0.2) is 4.98 Å². The van der Waals surface area contributed by atoms with Crippen LogP contribution in [-0.4, -0.2) is 74.5 Å². The first kappa shape index (κ1) is 37.6. The van der Waals surface area contributed by atoms with Crippen molar-refractivity contribution in [3.8, 4) is 0 Å². The SMILES string of the molecule is NC(=O)CCC(NC(=O)[C@@H]1CC[C@@H]2CCNC[C@H](NC(=O)c3cc4cc(C(F)(F)P(=O)(O)O)ccc4s3)C(=O)N21)c1ncc(Cc2ccccc2)s1. The third-order valence-corrected chi connectivity index (χ3v) is 12.4. The third kappa shape index (κ3) is 8.24. The number of nitrogens with zero attached hydrogens (tertiary/aromatic N) is 2. The lowest BCUT2D eigenvalue weighted by Gasteiger charge is -2.35. The summed E-state index contributed by atoms with van der Waals surface area (Å²) in [7, 11) is -5.79. The lowest BCUT2D eigenvalue weighted by Crippen LogP contribution is -2.60. The Labute approximate surface area is 305 Å². The molecule has 2 aliphatic heterocycles. The molecule has 4 atom stereocenters. The van der Waals surface area contributed by atoms with Crippen molar-refractivity contribution in [1.29, 1.82) is 0 Å². The van der Waals surface area contributed by atoms with Gasteiger partial charge >= 0.3 is 13.3 Å². The number of hydrogen-bond donors (Lipinski definition) is 6. The second-order valence-electron chi connectivity index (χ2n) is 12.9. The van der Waals surface area contributed by atoms with E-state index in [1.165, 1.54) is 28.4 Å². The predicted octanol–water partition coefficient (Wildman–Crippen LogP) is 3.75. The first-order valence-corrected chi connectivity index (χ1v) is 19.8. The highest BCUT2D eigenvalue weighted by molar-refractivity contribution is 7.52. The Morgan fingerprint density at radius 1 is 1.10 bits per heavy atom. The summed E-state index contributed by atoms with van der Waals surface area (Å²) in [6, 6.07) is 11.5. The van der Waals surface area contributed by atoms with Gasteiger partial charge in [-0.1, -0.05) is 36.4 Å². The fourth-order valence-corrected chi connectivity index (χ4v) is 9.03. The highest BCUT2D eigenvalue weighted by Crippen LogP contribution is 2.59. The molecule has 2 fully saturated rings. The quantitative estimate of drug-likeness (QED) is 0.116. The van der Waals surface area contributed by atoms with Crippen LogP contribution in [0.5, 0.6) is 0 Å². The maximum atomic E-state index is 14.3. The fourth-order valence-electron chi connectivity index (χ4n) is 6.57. The Bertz CT molecular complexity index is 2020. The van der Waals surface area contributed by atoms with Crippen LogP contribution in [0.15, 0.2) is 60.8 Å². The molecule has 2 aromatic heterocycles. The van der Waals surface area contributed by atoms with Gasteiger partial charge in [-0.05, 0) is 61.4 Å². The highest BCUT2D eigenvalue weighted by atomic mass is 32.1. The summed E-state index contributed by atoms with van der Waals surface area (Å²) < 4.78 is 40.5. The molecule has 1 unspecified atom stereocenters. The number of fused-ring (bicyclic) bond motifs is 2. The molecule has 2 saturated heterocycles. The molecular weight excluding hydrogens is 738 g/mol. The summed E-state index contributed by atoms with van der Waals surface area (Å²) >= 11 is 2.40. The van der Waals surface area contributed by atoms with Gasteiger partial charge in [0.2, 0.25) is 17.7 Å². The number of carbonyl (C=O) groups excluding carboxylic acids is 4. The number of carbonyl (C=O) groups is 4. The maximum Gasteiger partial charge on any atom is 0.399 e. The number of rotatable bonds is 12. The molecule has 7 N–H and O–H groups in total. The predicted molar refractivity (Wildman–Crippen MR) is 191 cm³/mol. The Morgan fingerprint density at radius 3 is 2.60 bits per heavy atom. The van der Waals surface area contributed by atoms with Crippen LogP contribution in [0.1, 0.15) is 68.8 Å². The number of alkyl halides is 2. The van der Waals surface area contributed by atoms with E-state index in [4.69, 9.17) is 15.5 Å². The number of nitrogens with two attached hydrogens (primary N) is 1. The number of halogens is 2. The summed E-state index contributed by atoms with van der Waals surface area (Å²) in [6.07, 6.45) is 4.18. The molecule has 2 aliphatic rings. The molecule has 2 aromatic carbocycles. The summed E-state index contributed by atoms with van der Waals surface area (Å²) in [6.45, 7) is 0.607. The molecule has 6 rings (SSSR count). The number of aromatic nitrogens is 1. The minimum Gasteiger partial charge on any atom is -0.370 e. The molecule has 4 aromatic rings. The van der Waals surface area contributed by atoms with Gasteiger partial charge in [-0.15, -0.1) is 22.7 Å².